The van der Waals surface area contributed by atoms with Crippen molar-refractivity contribution in [1.29, 1.82) is 0 Å². The maximum atomic E-state index is 13.1. The number of aryl methyl sites for hydroxylation is 3. The van der Waals surface area contributed by atoms with E-state index in [0.717, 1.165) is 48.3 Å². The minimum Gasteiger partial charge on any atom is -0.274 e. The van der Waals surface area contributed by atoms with Gasteiger partial charge < -0.3 is 0 Å². The molecule has 4 aliphatic heterocycles. The van der Waals surface area contributed by atoms with Gasteiger partial charge >= 0.3 is 0 Å². The van der Waals surface area contributed by atoms with Crippen LogP contribution < -0.4 is 19.6 Å². The minimum absolute atomic E-state index is 0. The summed E-state index contributed by atoms with van der Waals surface area (Å²) in [6.07, 6.45) is 33.1. The summed E-state index contributed by atoms with van der Waals surface area (Å²) in [5.41, 5.74) is 9.25. The van der Waals surface area contributed by atoms with E-state index in [1.54, 1.807) is 42.5 Å². The van der Waals surface area contributed by atoms with Crippen LogP contribution in [0, 0.1) is 47.3 Å². The second-order valence-corrected chi connectivity index (χ2v) is 21.7. The van der Waals surface area contributed by atoms with Gasteiger partial charge in [-0.15, -0.1) is 0 Å². The maximum Gasteiger partial charge on any atom is 0.258 e. The normalized spacial score (nSPS) is 23.2. The highest BCUT2D eigenvalue weighted by atomic mass is 16.2. The average molecular weight is 1150 g/mol. The molecule has 9 aliphatic rings. The van der Waals surface area contributed by atoms with Crippen molar-refractivity contribution in [3.05, 3.63) is 247 Å². The molecule has 438 valence electrons. The van der Waals surface area contributed by atoms with Gasteiger partial charge in [-0.3, -0.25) is 38.4 Å². The Morgan fingerprint density at radius 2 is 0.640 bits per heavy atom. The van der Waals surface area contributed by atoms with Crippen LogP contribution in [0.5, 0.6) is 0 Å². The van der Waals surface area contributed by atoms with Gasteiger partial charge in [0.2, 0.25) is 23.6 Å². The largest absolute Gasteiger partial charge is 0.274 e. The molecule has 8 unspecified atom stereocenters. The molecule has 0 radical (unpaired) electrons. The van der Waals surface area contributed by atoms with E-state index in [-0.39, 0.29) is 78.4 Å². The summed E-state index contributed by atoms with van der Waals surface area (Å²) in [6, 6.07) is 38.3. The number of fused-ring (bicyclic) bond motifs is 10. The van der Waals surface area contributed by atoms with Gasteiger partial charge in [0.25, 0.3) is 23.6 Å². The first-order valence-electron chi connectivity index (χ1n) is 29.1. The highest BCUT2D eigenvalue weighted by Crippen LogP contribution is 2.55. The molecule has 12 heteroatoms. The molecule has 0 spiro atoms. The Balaban J connectivity index is 0.000000148. The molecule has 12 nitrogen and oxygen atoms in total. The third-order valence-electron chi connectivity index (χ3n) is 16.8. The van der Waals surface area contributed by atoms with Crippen LogP contribution in [0.4, 0.5) is 22.7 Å². The predicted octanol–water partition coefficient (Wildman–Crippen LogP) is 13.7. The van der Waals surface area contributed by atoms with E-state index < -0.39 is 23.6 Å². The van der Waals surface area contributed by atoms with Gasteiger partial charge in [0.1, 0.15) is 0 Å². The summed E-state index contributed by atoms with van der Waals surface area (Å²) in [5, 5.41) is 0. The van der Waals surface area contributed by atoms with Crippen LogP contribution in [-0.2, 0) is 57.6 Å². The molecule has 4 bridgehead atoms. The molecule has 0 aromatic heterocycles. The first-order valence-corrected chi connectivity index (χ1v) is 29.1. The maximum absolute atomic E-state index is 13.1. The van der Waals surface area contributed by atoms with Gasteiger partial charge in [-0.05, 0) is 132 Å². The monoisotopic (exact) mass is 1150 g/mol. The number of benzene rings is 5. The zero-order valence-corrected chi connectivity index (χ0v) is 48.2. The Labute approximate surface area is 505 Å². The zero-order valence-electron chi connectivity index (χ0n) is 48.2. The molecule has 5 aliphatic carbocycles. The van der Waals surface area contributed by atoms with Crippen LogP contribution in [0.2, 0.25) is 0 Å². The van der Waals surface area contributed by atoms with Crippen molar-refractivity contribution in [3.8, 4) is 0 Å². The number of anilines is 4. The Bertz CT molecular complexity index is 3250. The smallest absolute Gasteiger partial charge is 0.258 e. The van der Waals surface area contributed by atoms with E-state index in [9.17, 15) is 38.4 Å². The fourth-order valence-electron chi connectivity index (χ4n) is 12.2. The van der Waals surface area contributed by atoms with Crippen molar-refractivity contribution in [2.24, 2.45) is 47.3 Å². The molecular weight excluding hydrogens is 1070 g/mol. The fourth-order valence-corrected chi connectivity index (χ4v) is 12.2. The van der Waals surface area contributed by atoms with Gasteiger partial charge in [-0.2, -0.15) is 0 Å². The number of hydrogen-bond acceptors (Lipinski definition) is 8. The number of nitrogens with zero attached hydrogens (tertiary/aromatic N) is 4. The Morgan fingerprint density at radius 3 is 0.860 bits per heavy atom. The van der Waals surface area contributed by atoms with Crippen LogP contribution in [0.25, 0.3) is 18.2 Å². The zero-order chi connectivity index (χ0) is 60.3. The van der Waals surface area contributed by atoms with E-state index in [1.807, 2.05) is 18.2 Å². The lowest BCUT2D eigenvalue weighted by Crippen LogP contribution is -2.34. The molecule has 4 fully saturated rings. The van der Waals surface area contributed by atoms with Crippen molar-refractivity contribution in [1.82, 2.24) is 0 Å². The van der Waals surface area contributed by atoms with E-state index >= 15 is 0 Å². The first kappa shape index (κ1) is 62.4. The number of imide groups is 4. The number of hydrogen-bond donors (Lipinski definition) is 0. The molecule has 14 rings (SSSR count). The predicted molar refractivity (Wildman–Crippen MR) is 344 cm³/mol. The third-order valence-corrected chi connectivity index (χ3v) is 16.8. The third kappa shape index (κ3) is 13.3. The summed E-state index contributed by atoms with van der Waals surface area (Å²) < 4.78 is 0. The van der Waals surface area contributed by atoms with Gasteiger partial charge in [-0.1, -0.05) is 200 Å². The Morgan fingerprint density at radius 1 is 0.384 bits per heavy atom. The number of allylic oxidation sites excluding steroid dienone is 8. The molecule has 4 heterocycles. The number of carbonyl (C=O) groups is 8. The van der Waals surface area contributed by atoms with Gasteiger partial charge in [0.05, 0.1) is 46.4 Å². The average Bonchev–Trinajstić information content (AvgIpc) is 1.70. The molecule has 8 atom stereocenters. The molecule has 0 N–H and O–H groups in total. The minimum atomic E-state index is -0.454. The highest BCUT2D eigenvalue weighted by molar-refractivity contribution is 6.30. The van der Waals surface area contributed by atoms with E-state index in [0.29, 0.717) is 22.7 Å². The highest BCUT2D eigenvalue weighted by Gasteiger charge is 2.61. The SMILES string of the molecule is C.C1=CCC=C1.C=Cc1ccc(CC)cc1.C=Cc1ccc(CC)cc1.C=Cc1ccc(CC)cc1.O=C1C2C3C=CC(C3)C2C(=O)N1c1cccc(N2C(=O)C3C4C=CC(C4)C3C2=O)c1.O=C1C=CC(=O)N1c1cccc(N2C(=O)C=CC2=O)c1. The fraction of sp³-hybridized carbons (Fsp3) is 0.243. The van der Waals surface area contributed by atoms with E-state index in [1.165, 1.54) is 73.6 Å². The lowest BCUT2D eigenvalue weighted by molar-refractivity contribution is -0.124. The number of rotatable bonds is 10. The van der Waals surface area contributed by atoms with Gasteiger partial charge in [0, 0.05) is 24.3 Å². The second kappa shape index (κ2) is 28.3. The van der Waals surface area contributed by atoms with Crippen LogP contribution in [-0.4, -0.2) is 47.3 Å². The van der Waals surface area contributed by atoms with Crippen molar-refractivity contribution >= 4 is 88.2 Å². The summed E-state index contributed by atoms with van der Waals surface area (Å²) in [7, 11) is 0. The molecule has 2 saturated heterocycles. The topological polar surface area (TPSA) is 150 Å². The van der Waals surface area contributed by atoms with Crippen LogP contribution in [0.3, 0.4) is 0 Å². The number of amides is 8. The van der Waals surface area contributed by atoms with Crippen molar-refractivity contribution < 1.29 is 38.4 Å². The molecular formula is C74H74N4O8. The Hall–Kier alpha value is -9.68. The lowest BCUT2D eigenvalue weighted by Gasteiger charge is -2.21. The van der Waals surface area contributed by atoms with Gasteiger partial charge in [-0.25, -0.2) is 19.6 Å². The van der Waals surface area contributed by atoms with Crippen molar-refractivity contribution in [2.45, 2.75) is 66.7 Å². The van der Waals surface area contributed by atoms with Crippen LogP contribution in [0.1, 0.15) is 80.8 Å². The summed E-state index contributed by atoms with van der Waals surface area (Å²) in [6.45, 7) is 17.5. The van der Waals surface area contributed by atoms with Crippen molar-refractivity contribution in [2.75, 3.05) is 19.6 Å². The summed E-state index contributed by atoms with van der Waals surface area (Å²) >= 11 is 0. The quantitative estimate of drug-likeness (QED) is 0.0991. The van der Waals surface area contributed by atoms with E-state index in [2.05, 4.69) is 162 Å². The second-order valence-electron chi connectivity index (χ2n) is 21.7. The molecule has 8 amide bonds. The van der Waals surface area contributed by atoms with Crippen LogP contribution >= 0.6 is 0 Å². The van der Waals surface area contributed by atoms with Gasteiger partial charge in [0.15, 0.2) is 0 Å². The standard InChI is InChI=1S/C24H20N2O4.C14H8N2O4.3C10H12.C5H6.CH4/c27-21-17-11-4-5-12(8-11)18(17)22(28)25(21)15-2-1-3-16(10-15)26-23(29)19-13-6-7-14(9-13)20(19)24(26)30;17-11-4-5-12(18)15(11)9-2-1-3-10(8-9)16-13(19)6-7-14(16)20;3*1-3-9-5-7-10(4-2)8-6-9;1-2-4-5-3-1;/h1-7,10-14,17-20H,8-9H2;1-8H;3*3,5-8H,1,4H2,2H3;1-4H,5H2;1H4. The summed E-state index contributed by atoms with van der Waals surface area (Å²) in [5.74, 6) is -2.94. The van der Waals surface area contributed by atoms with Crippen LogP contribution in [0.15, 0.2) is 214 Å². The Kier molecular flexibility index (Phi) is 20.5. The summed E-state index contributed by atoms with van der Waals surface area (Å²) in [4.78, 5) is 103. The van der Waals surface area contributed by atoms with E-state index in [4.69, 9.17) is 0 Å². The molecule has 5 aromatic carbocycles. The first-order chi connectivity index (χ1) is 41.2. The molecule has 2 saturated carbocycles. The lowest BCUT2D eigenvalue weighted by atomic mass is 9.85. The molecule has 86 heavy (non-hydrogen) atoms. The molecule has 5 aromatic rings. The number of carbonyl (C=O) groups excluding carboxylic acids is 8. The van der Waals surface area contributed by atoms with Crippen molar-refractivity contribution in [3.63, 3.8) is 0 Å².